The van der Waals surface area contributed by atoms with Gasteiger partial charge in [-0.1, -0.05) is 83.9 Å². The van der Waals surface area contributed by atoms with Crippen LogP contribution < -0.4 is 5.32 Å². The van der Waals surface area contributed by atoms with Gasteiger partial charge in [-0.2, -0.15) is 5.26 Å². The summed E-state index contributed by atoms with van der Waals surface area (Å²) in [5, 5.41) is 13.2. The molecule has 2 atom stereocenters. The zero-order chi connectivity index (χ0) is 25.9. The van der Waals surface area contributed by atoms with Gasteiger partial charge in [0.1, 0.15) is 18.2 Å². The number of aromatic nitrogens is 1. The van der Waals surface area contributed by atoms with E-state index in [0.717, 1.165) is 33.4 Å². The van der Waals surface area contributed by atoms with Crippen LogP contribution in [0.2, 0.25) is 10.0 Å². The van der Waals surface area contributed by atoms with E-state index in [0.29, 0.717) is 16.5 Å². The number of ether oxygens (including phenoxy) is 1. The maximum atomic E-state index is 12.6. The average molecular weight is 549 g/mol. The third kappa shape index (κ3) is 5.14. The van der Waals surface area contributed by atoms with Crippen molar-refractivity contribution in [2.24, 2.45) is 0 Å². The zero-order valence-electron chi connectivity index (χ0n) is 19.4. The maximum absolute atomic E-state index is 12.6. The van der Waals surface area contributed by atoms with Gasteiger partial charge in [0.05, 0.1) is 15.4 Å². The topological polar surface area (TPSA) is 75.0 Å². The molecule has 0 bridgehead atoms. The molecule has 1 N–H and O–H groups in total. The Morgan fingerprint density at radius 1 is 1.08 bits per heavy atom. The average Bonchev–Trinajstić information content (AvgIpc) is 2.93. The maximum Gasteiger partial charge on any atom is 0.412 e. The van der Waals surface area contributed by atoms with Crippen molar-refractivity contribution in [2.45, 2.75) is 17.7 Å². The molecule has 5 rings (SSSR count). The predicted molar refractivity (Wildman–Crippen MR) is 146 cm³/mol. The van der Waals surface area contributed by atoms with Crippen LogP contribution >= 0.6 is 34.8 Å². The Kier molecular flexibility index (Phi) is 7.34. The van der Waals surface area contributed by atoms with E-state index in [1.54, 1.807) is 12.3 Å². The number of nitrogens with zero attached hydrogens (tertiary/aromatic N) is 2. The summed E-state index contributed by atoms with van der Waals surface area (Å²) in [4.78, 5) is 17.0. The van der Waals surface area contributed by atoms with Gasteiger partial charge in [-0.05, 0) is 46.4 Å². The molecule has 37 heavy (non-hydrogen) atoms. The molecule has 1 aliphatic rings. The molecule has 8 heteroatoms. The number of carbonyl (C=O) groups excluding carboxylic acids is 1. The number of carbonyl (C=O) groups is 1. The summed E-state index contributed by atoms with van der Waals surface area (Å²) in [6, 6.07) is 25.1. The first-order chi connectivity index (χ1) is 18.0. The van der Waals surface area contributed by atoms with E-state index >= 15 is 0 Å². The summed E-state index contributed by atoms with van der Waals surface area (Å²) in [5.41, 5.74) is 5.74. The highest BCUT2D eigenvalue weighted by atomic mass is 35.5. The summed E-state index contributed by atoms with van der Waals surface area (Å²) < 4.78 is 5.32. The fraction of sp³-hybridized carbons (Fsp3) is 0.138. The number of halogens is 3. The molecule has 0 aliphatic heterocycles. The number of nitriles is 1. The number of benzene rings is 3. The van der Waals surface area contributed by atoms with Crippen LogP contribution in [0, 0.1) is 11.3 Å². The fourth-order valence-electron chi connectivity index (χ4n) is 4.64. The highest BCUT2D eigenvalue weighted by Crippen LogP contribution is 2.45. The minimum absolute atomic E-state index is 0.00854. The molecule has 5 nitrogen and oxygen atoms in total. The van der Waals surface area contributed by atoms with E-state index < -0.39 is 11.5 Å². The molecule has 0 fully saturated rings. The first-order valence-corrected chi connectivity index (χ1v) is 12.7. The smallest absolute Gasteiger partial charge is 0.412 e. The number of nitrogens with one attached hydrogen (secondary N) is 1. The van der Waals surface area contributed by atoms with Gasteiger partial charge in [-0.3, -0.25) is 5.32 Å². The summed E-state index contributed by atoms with van der Waals surface area (Å²) in [7, 11) is 0. The largest absolute Gasteiger partial charge is 0.447 e. The molecule has 1 amide bonds. The van der Waals surface area contributed by atoms with Crippen molar-refractivity contribution < 1.29 is 9.53 Å². The molecule has 3 aromatic carbocycles. The lowest BCUT2D eigenvalue weighted by Gasteiger charge is -2.29. The van der Waals surface area contributed by atoms with Gasteiger partial charge in [-0.25, -0.2) is 9.78 Å². The van der Waals surface area contributed by atoms with Gasteiger partial charge in [-0.15, -0.1) is 11.6 Å². The minimum Gasteiger partial charge on any atom is -0.447 e. The molecule has 0 radical (unpaired) electrons. The lowest BCUT2D eigenvalue weighted by Crippen LogP contribution is -2.20. The normalized spacial score (nSPS) is 14.6. The van der Waals surface area contributed by atoms with Crippen LogP contribution in [-0.2, 0) is 11.2 Å². The Labute approximate surface area is 229 Å². The number of rotatable bonds is 5. The van der Waals surface area contributed by atoms with E-state index in [1.165, 1.54) is 0 Å². The van der Waals surface area contributed by atoms with Gasteiger partial charge < -0.3 is 4.74 Å². The summed E-state index contributed by atoms with van der Waals surface area (Å²) >= 11 is 18.8. The number of pyridine rings is 1. The number of alkyl halides is 1. The number of hydrogen-bond donors (Lipinski definition) is 1. The molecule has 1 heterocycles. The van der Waals surface area contributed by atoms with Gasteiger partial charge >= 0.3 is 6.09 Å². The van der Waals surface area contributed by atoms with Crippen molar-refractivity contribution in [3.63, 3.8) is 0 Å². The number of anilines is 1. The second-order valence-electron chi connectivity index (χ2n) is 8.61. The third-order valence-electron chi connectivity index (χ3n) is 6.39. The molecule has 0 spiro atoms. The highest BCUT2D eigenvalue weighted by Gasteiger charge is 2.30. The molecule has 0 saturated heterocycles. The standard InChI is InChI=1S/C29H20Cl3N3O2/c30-24-11-10-18(13-25(24)31)22-12-19-15-34-28(23(14-33)27(19)21-9-5-4-8-20(21)22)35-29(36)37-16-26(32)17-6-2-1-3-7-17/h1-11,13,15,22,26H,12,16H2,(H,34,35,36). The first-order valence-electron chi connectivity index (χ1n) is 11.5. The van der Waals surface area contributed by atoms with Gasteiger partial charge in [0, 0.05) is 17.7 Å². The molecule has 1 aromatic heterocycles. The van der Waals surface area contributed by atoms with Crippen molar-refractivity contribution in [2.75, 3.05) is 11.9 Å². The minimum atomic E-state index is -0.733. The monoisotopic (exact) mass is 547 g/mol. The van der Waals surface area contributed by atoms with Gasteiger partial charge in [0.2, 0.25) is 0 Å². The third-order valence-corrected chi connectivity index (χ3v) is 7.50. The van der Waals surface area contributed by atoms with Crippen LogP contribution in [-0.4, -0.2) is 17.7 Å². The second kappa shape index (κ2) is 10.8. The van der Waals surface area contributed by atoms with Crippen LogP contribution in [0.5, 0.6) is 0 Å². The molecule has 0 saturated carbocycles. The lowest BCUT2D eigenvalue weighted by atomic mass is 9.75. The van der Waals surface area contributed by atoms with Crippen LogP contribution in [0.25, 0.3) is 11.1 Å². The molecular formula is C29H20Cl3N3O2. The van der Waals surface area contributed by atoms with E-state index in [9.17, 15) is 10.1 Å². The Balaban J connectivity index is 1.43. The predicted octanol–water partition coefficient (Wildman–Crippen LogP) is 8.14. The highest BCUT2D eigenvalue weighted by molar-refractivity contribution is 6.42. The number of amides is 1. The fourth-order valence-corrected chi connectivity index (χ4v) is 5.16. The van der Waals surface area contributed by atoms with Crippen molar-refractivity contribution in [1.82, 2.24) is 4.98 Å². The lowest BCUT2D eigenvalue weighted by molar-refractivity contribution is 0.161. The SMILES string of the molecule is N#Cc1c(NC(=O)OCC(Cl)c2ccccc2)ncc2c1-c1ccccc1C(c1ccc(Cl)c(Cl)c1)C2. The Bertz CT molecular complexity index is 1520. The van der Waals surface area contributed by atoms with Crippen LogP contribution in [0.15, 0.2) is 79.0 Å². The van der Waals surface area contributed by atoms with Crippen molar-refractivity contribution in [3.8, 4) is 17.2 Å². The molecule has 4 aromatic rings. The first kappa shape index (κ1) is 25.1. The second-order valence-corrected chi connectivity index (χ2v) is 9.95. The van der Waals surface area contributed by atoms with Crippen molar-refractivity contribution >= 4 is 46.7 Å². The molecule has 184 valence electrons. The number of hydrogen-bond acceptors (Lipinski definition) is 4. The molecular weight excluding hydrogens is 529 g/mol. The van der Waals surface area contributed by atoms with Crippen LogP contribution in [0.4, 0.5) is 10.6 Å². The summed E-state index contributed by atoms with van der Waals surface area (Å²) in [6.07, 6.45) is 1.57. The van der Waals surface area contributed by atoms with Crippen molar-refractivity contribution in [3.05, 3.63) is 117 Å². The quantitative estimate of drug-likeness (QED) is 0.255. The summed E-state index contributed by atoms with van der Waals surface area (Å²) in [5.74, 6) is 0.147. The molecule has 1 aliphatic carbocycles. The van der Waals surface area contributed by atoms with E-state index in [4.69, 9.17) is 39.5 Å². The van der Waals surface area contributed by atoms with Crippen LogP contribution in [0.3, 0.4) is 0 Å². The van der Waals surface area contributed by atoms with E-state index in [1.807, 2.05) is 66.7 Å². The van der Waals surface area contributed by atoms with Crippen molar-refractivity contribution in [1.29, 1.82) is 5.26 Å². The Morgan fingerprint density at radius 3 is 2.59 bits per heavy atom. The van der Waals surface area contributed by atoms with E-state index in [2.05, 4.69) is 16.4 Å². The zero-order valence-corrected chi connectivity index (χ0v) is 21.7. The van der Waals surface area contributed by atoms with E-state index in [-0.39, 0.29) is 23.9 Å². The Hall–Kier alpha value is -3.56. The number of fused-ring (bicyclic) bond motifs is 3. The van der Waals surface area contributed by atoms with Gasteiger partial charge in [0.25, 0.3) is 0 Å². The summed E-state index contributed by atoms with van der Waals surface area (Å²) in [6.45, 7) is -0.0294. The Morgan fingerprint density at radius 2 is 1.84 bits per heavy atom. The van der Waals surface area contributed by atoms with Crippen LogP contribution in [0.1, 0.15) is 39.1 Å². The van der Waals surface area contributed by atoms with Gasteiger partial charge in [0.15, 0.2) is 5.82 Å². The molecule has 2 unspecified atom stereocenters.